The Bertz CT molecular complexity index is 1270. The van der Waals surface area contributed by atoms with Crippen LogP contribution in [0.1, 0.15) is 29.9 Å². The highest BCUT2D eigenvalue weighted by molar-refractivity contribution is 6.35. The van der Waals surface area contributed by atoms with Gasteiger partial charge in [-0.15, -0.1) is 0 Å². The number of aryl methyl sites for hydroxylation is 1. The van der Waals surface area contributed by atoms with Gasteiger partial charge in [-0.05, 0) is 49.4 Å². The van der Waals surface area contributed by atoms with E-state index in [1.165, 1.54) is 5.56 Å². The van der Waals surface area contributed by atoms with E-state index in [1.54, 1.807) is 24.3 Å². The summed E-state index contributed by atoms with van der Waals surface area (Å²) in [6.45, 7) is -0.0480. The van der Waals surface area contributed by atoms with Crippen LogP contribution in [0.3, 0.4) is 0 Å². The fourth-order valence-corrected chi connectivity index (χ4v) is 5.08. The lowest BCUT2D eigenvalue weighted by molar-refractivity contribution is -0.147. The molecule has 0 radical (unpaired) electrons. The number of aromatic nitrogens is 3. The summed E-state index contributed by atoms with van der Waals surface area (Å²) in [5.41, 5.74) is 3.82. The van der Waals surface area contributed by atoms with Gasteiger partial charge in [-0.3, -0.25) is 0 Å². The monoisotopic (exact) mass is 447 g/mol. The van der Waals surface area contributed by atoms with E-state index in [-0.39, 0.29) is 18.6 Å². The number of halogens is 4. The number of benzene rings is 2. The molecule has 0 saturated carbocycles. The summed E-state index contributed by atoms with van der Waals surface area (Å²) in [5.74, 6) is -0.995. The number of aliphatic hydroxyl groups excluding tert-OH is 1. The van der Waals surface area contributed by atoms with E-state index >= 15 is 0 Å². The van der Waals surface area contributed by atoms with Gasteiger partial charge in [0.05, 0.1) is 40.8 Å². The van der Waals surface area contributed by atoms with E-state index < -0.39 is 18.1 Å². The minimum absolute atomic E-state index is 0.166. The van der Waals surface area contributed by atoms with Gasteiger partial charge in [0.1, 0.15) is 0 Å². The second kappa shape index (κ2) is 7.57. The molecule has 2 heterocycles. The fraction of sp³-hybridized carbons (Fsp3) is 0.348. The molecule has 0 spiro atoms. The molecule has 0 bridgehead atoms. The minimum Gasteiger partial charge on any atom is -0.389 e. The lowest BCUT2D eigenvalue weighted by atomic mass is 9.95. The van der Waals surface area contributed by atoms with E-state index in [9.17, 15) is 18.3 Å². The first-order valence-corrected chi connectivity index (χ1v) is 10.7. The maximum absolute atomic E-state index is 13.6. The van der Waals surface area contributed by atoms with Crippen LogP contribution in [0.25, 0.3) is 21.9 Å². The third kappa shape index (κ3) is 3.49. The third-order valence-electron chi connectivity index (χ3n) is 6.04. The van der Waals surface area contributed by atoms with Crippen LogP contribution in [0.15, 0.2) is 42.5 Å². The van der Waals surface area contributed by atoms with Crippen molar-refractivity contribution in [1.29, 1.82) is 0 Å². The predicted molar refractivity (Wildman–Crippen MR) is 114 cm³/mol. The van der Waals surface area contributed by atoms with Crippen molar-refractivity contribution >= 4 is 33.5 Å². The molecular formula is C23H21ClF3N3O. The molecule has 31 heavy (non-hydrogen) atoms. The number of hydrogen-bond acceptors (Lipinski definition) is 2. The molecule has 8 heteroatoms. The Labute approximate surface area is 181 Å². The van der Waals surface area contributed by atoms with Crippen LogP contribution in [-0.2, 0) is 32.1 Å². The maximum atomic E-state index is 13.6. The van der Waals surface area contributed by atoms with Gasteiger partial charge >= 0.3 is 6.18 Å². The summed E-state index contributed by atoms with van der Waals surface area (Å²) < 4.78 is 43.9. The van der Waals surface area contributed by atoms with Crippen LogP contribution in [0.4, 0.5) is 13.2 Å². The van der Waals surface area contributed by atoms with Crippen molar-refractivity contribution in [3.05, 3.63) is 64.6 Å². The number of nitrogens with zero attached hydrogens (tertiary/aromatic N) is 3. The van der Waals surface area contributed by atoms with Crippen molar-refractivity contribution in [1.82, 2.24) is 14.1 Å². The van der Waals surface area contributed by atoms with Crippen LogP contribution in [0, 0.1) is 0 Å². The summed E-state index contributed by atoms with van der Waals surface area (Å²) in [6.07, 6.45) is -1.70. The van der Waals surface area contributed by atoms with E-state index in [4.69, 9.17) is 11.6 Å². The van der Waals surface area contributed by atoms with Crippen molar-refractivity contribution in [2.45, 2.75) is 51.1 Å². The highest BCUT2D eigenvalue weighted by atomic mass is 35.5. The SMILES string of the molecule is OC(Cn1c(C(F)(F)F)nc2ccccc21)Cn1c2c(c3cccc(Cl)c31)CCCC2. The van der Waals surface area contributed by atoms with Gasteiger partial charge in [0.15, 0.2) is 0 Å². The third-order valence-corrected chi connectivity index (χ3v) is 6.35. The zero-order chi connectivity index (χ0) is 21.8. The number of imidazole rings is 1. The first-order chi connectivity index (χ1) is 14.8. The molecular weight excluding hydrogens is 427 g/mol. The van der Waals surface area contributed by atoms with E-state index in [1.807, 2.05) is 22.8 Å². The zero-order valence-corrected chi connectivity index (χ0v) is 17.4. The standard InChI is InChI=1S/C23H21ClF3N3O/c24-17-8-5-7-16-15-6-1-3-10-19(15)29(21(16)17)12-14(31)13-30-20-11-4-2-9-18(20)28-22(30)23(25,26)27/h2,4-5,7-9,11,14,31H,1,3,6,10,12-13H2. The normalized spacial score (nSPS) is 15.5. The molecule has 4 aromatic rings. The van der Waals surface area contributed by atoms with Crippen molar-refractivity contribution < 1.29 is 18.3 Å². The van der Waals surface area contributed by atoms with Crippen LogP contribution in [0.2, 0.25) is 5.02 Å². The molecule has 2 aromatic heterocycles. The smallest absolute Gasteiger partial charge is 0.389 e. The molecule has 0 aliphatic heterocycles. The second-order valence-corrected chi connectivity index (χ2v) is 8.47. The predicted octanol–water partition coefficient (Wildman–Crippen LogP) is 5.60. The van der Waals surface area contributed by atoms with Crippen molar-refractivity contribution in [3.63, 3.8) is 0 Å². The number of aliphatic hydroxyl groups is 1. The number of fused-ring (bicyclic) bond motifs is 4. The van der Waals surface area contributed by atoms with Gasteiger partial charge in [-0.25, -0.2) is 4.98 Å². The Balaban J connectivity index is 1.54. The van der Waals surface area contributed by atoms with E-state index in [0.717, 1.165) is 46.8 Å². The number of alkyl halides is 3. The quantitative estimate of drug-likeness (QED) is 0.442. The molecule has 4 nitrogen and oxygen atoms in total. The van der Waals surface area contributed by atoms with Gasteiger partial charge in [0.25, 0.3) is 0 Å². The first kappa shape index (κ1) is 20.4. The molecule has 162 valence electrons. The molecule has 1 unspecified atom stereocenters. The lowest BCUT2D eigenvalue weighted by Gasteiger charge is -2.20. The average molecular weight is 448 g/mol. The van der Waals surface area contributed by atoms with Gasteiger partial charge in [0.2, 0.25) is 5.82 Å². The molecule has 5 rings (SSSR count). The van der Waals surface area contributed by atoms with Gasteiger partial charge in [-0.1, -0.05) is 35.9 Å². The molecule has 1 atom stereocenters. The van der Waals surface area contributed by atoms with Crippen LogP contribution in [0.5, 0.6) is 0 Å². The van der Waals surface area contributed by atoms with Crippen molar-refractivity contribution in [2.75, 3.05) is 0 Å². The van der Waals surface area contributed by atoms with Crippen LogP contribution < -0.4 is 0 Å². The molecule has 0 amide bonds. The molecule has 1 aliphatic rings. The van der Waals surface area contributed by atoms with Crippen LogP contribution >= 0.6 is 11.6 Å². The topological polar surface area (TPSA) is 43.0 Å². The number of rotatable bonds is 4. The fourth-order valence-electron chi connectivity index (χ4n) is 4.80. The Kier molecular flexibility index (Phi) is 4.98. The lowest BCUT2D eigenvalue weighted by Crippen LogP contribution is -2.26. The summed E-state index contributed by atoms with van der Waals surface area (Å²) in [5, 5.41) is 12.6. The Morgan fingerprint density at radius 1 is 1.00 bits per heavy atom. The Hall–Kier alpha value is -2.51. The highest BCUT2D eigenvalue weighted by Gasteiger charge is 2.38. The summed E-state index contributed by atoms with van der Waals surface area (Å²) in [6, 6.07) is 12.2. The average Bonchev–Trinajstić information content (AvgIpc) is 3.26. The largest absolute Gasteiger partial charge is 0.449 e. The van der Waals surface area contributed by atoms with Gasteiger partial charge in [0, 0.05) is 11.1 Å². The summed E-state index contributed by atoms with van der Waals surface area (Å²) in [4.78, 5) is 3.77. The van der Waals surface area contributed by atoms with Crippen molar-refractivity contribution in [2.24, 2.45) is 0 Å². The second-order valence-electron chi connectivity index (χ2n) is 8.07. The number of hydrogen-bond donors (Lipinski definition) is 1. The molecule has 2 aromatic carbocycles. The minimum atomic E-state index is -4.61. The van der Waals surface area contributed by atoms with Gasteiger partial charge < -0.3 is 14.2 Å². The number of para-hydroxylation sites is 3. The van der Waals surface area contributed by atoms with Crippen molar-refractivity contribution in [3.8, 4) is 0 Å². The summed E-state index contributed by atoms with van der Waals surface area (Å²) >= 11 is 6.50. The Morgan fingerprint density at radius 3 is 2.55 bits per heavy atom. The zero-order valence-electron chi connectivity index (χ0n) is 16.7. The molecule has 1 N–H and O–H groups in total. The molecule has 0 fully saturated rings. The van der Waals surface area contributed by atoms with Gasteiger partial charge in [-0.2, -0.15) is 13.2 Å². The molecule has 0 saturated heterocycles. The maximum Gasteiger partial charge on any atom is 0.449 e. The summed E-state index contributed by atoms with van der Waals surface area (Å²) in [7, 11) is 0. The van der Waals surface area contributed by atoms with E-state index in [0.29, 0.717) is 10.5 Å². The van der Waals surface area contributed by atoms with Crippen LogP contribution in [-0.4, -0.2) is 25.3 Å². The first-order valence-electron chi connectivity index (χ1n) is 10.3. The Morgan fingerprint density at radius 2 is 1.74 bits per heavy atom. The van der Waals surface area contributed by atoms with E-state index in [2.05, 4.69) is 4.98 Å². The highest BCUT2D eigenvalue weighted by Crippen LogP contribution is 2.36. The molecule has 1 aliphatic carbocycles.